The Morgan fingerprint density at radius 3 is 2.45 bits per heavy atom. The van der Waals surface area contributed by atoms with Gasteiger partial charge >= 0.3 is 0 Å². The molecule has 0 aromatic heterocycles. The summed E-state index contributed by atoms with van der Waals surface area (Å²) in [6.07, 6.45) is 1.94. The third-order valence-corrected chi connectivity index (χ3v) is 5.03. The van der Waals surface area contributed by atoms with E-state index >= 15 is 0 Å². The number of sulfonamides is 1. The van der Waals surface area contributed by atoms with Gasteiger partial charge in [0.25, 0.3) is 0 Å². The van der Waals surface area contributed by atoms with Crippen molar-refractivity contribution >= 4 is 45.6 Å². The molecule has 1 heterocycles. The number of hydrogen-bond acceptors (Lipinski definition) is 3. The zero-order chi connectivity index (χ0) is 13.9. The van der Waals surface area contributed by atoms with E-state index in [-0.39, 0.29) is 17.3 Å². The number of nitrogens with one attached hydrogen (secondary N) is 2. The minimum atomic E-state index is -3.54. The third kappa shape index (κ3) is 5.06. The first-order valence-corrected chi connectivity index (χ1v) is 8.38. The van der Waals surface area contributed by atoms with Crippen LogP contribution in [0.3, 0.4) is 0 Å². The van der Waals surface area contributed by atoms with Crippen LogP contribution in [0.1, 0.15) is 12.8 Å². The van der Waals surface area contributed by atoms with Gasteiger partial charge in [0.1, 0.15) is 0 Å². The lowest BCUT2D eigenvalue weighted by atomic mass is 10.1. The predicted molar refractivity (Wildman–Crippen MR) is 84.5 cm³/mol. The topological polar surface area (TPSA) is 58.2 Å². The maximum Gasteiger partial charge on any atom is 0.240 e. The van der Waals surface area contributed by atoms with Crippen LogP contribution >= 0.6 is 35.6 Å². The molecule has 114 valence electrons. The van der Waals surface area contributed by atoms with E-state index in [0.717, 1.165) is 25.9 Å². The van der Waals surface area contributed by atoms with Gasteiger partial charge in [0.2, 0.25) is 10.0 Å². The smallest absolute Gasteiger partial charge is 0.240 e. The fraction of sp³-hybridized carbons (Fsp3) is 0.500. The Bertz CT molecular complexity index is 525. The Morgan fingerprint density at radius 1 is 1.25 bits per heavy atom. The summed E-state index contributed by atoms with van der Waals surface area (Å²) in [5.74, 6) is 0.547. The third-order valence-electron chi connectivity index (χ3n) is 3.15. The molecule has 0 bridgehead atoms. The summed E-state index contributed by atoms with van der Waals surface area (Å²) in [5.41, 5.74) is 0. The summed E-state index contributed by atoms with van der Waals surface area (Å²) in [6, 6.07) is 4.30. The highest BCUT2D eigenvalue weighted by atomic mass is 35.5. The second kappa shape index (κ2) is 7.82. The second-order valence-electron chi connectivity index (χ2n) is 4.65. The van der Waals surface area contributed by atoms with Gasteiger partial charge in [0.15, 0.2) is 0 Å². The zero-order valence-electron chi connectivity index (χ0n) is 10.7. The van der Waals surface area contributed by atoms with Crippen molar-refractivity contribution in [3.8, 4) is 0 Å². The Kier molecular flexibility index (Phi) is 7.04. The van der Waals surface area contributed by atoms with Gasteiger partial charge in [0, 0.05) is 16.6 Å². The lowest BCUT2D eigenvalue weighted by Crippen LogP contribution is -2.26. The van der Waals surface area contributed by atoms with Gasteiger partial charge in [-0.25, -0.2) is 13.1 Å². The molecule has 2 N–H and O–H groups in total. The summed E-state index contributed by atoms with van der Waals surface area (Å²) in [5, 5.41) is 3.88. The van der Waals surface area contributed by atoms with Gasteiger partial charge in [0.05, 0.1) is 4.90 Å². The Labute approximate surface area is 135 Å². The summed E-state index contributed by atoms with van der Waals surface area (Å²) in [4.78, 5) is 0.106. The predicted octanol–water partition coefficient (Wildman–Crippen LogP) is 2.69. The molecule has 0 amide bonds. The van der Waals surface area contributed by atoms with Crippen LogP contribution in [-0.2, 0) is 10.0 Å². The largest absolute Gasteiger partial charge is 0.316 e. The summed E-state index contributed by atoms with van der Waals surface area (Å²) in [6.45, 7) is 2.41. The molecule has 0 saturated carbocycles. The second-order valence-corrected chi connectivity index (χ2v) is 7.29. The molecule has 1 atom stereocenters. The van der Waals surface area contributed by atoms with Crippen molar-refractivity contribution in [1.82, 2.24) is 10.0 Å². The molecule has 20 heavy (non-hydrogen) atoms. The molecule has 8 heteroatoms. The molecule has 0 spiro atoms. The molecule has 2 rings (SSSR count). The van der Waals surface area contributed by atoms with E-state index in [4.69, 9.17) is 23.2 Å². The van der Waals surface area contributed by atoms with Crippen LogP contribution in [0, 0.1) is 5.92 Å². The maximum atomic E-state index is 12.1. The first-order valence-electron chi connectivity index (χ1n) is 6.14. The maximum absolute atomic E-state index is 12.1. The summed E-state index contributed by atoms with van der Waals surface area (Å²) in [7, 11) is -3.54. The van der Waals surface area contributed by atoms with Gasteiger partial charge in [-0.15, -0.1) is 12.4 Å². The first-order chi connectivity index (χ1) is 8.97. The van der Waals surface area contributed by atoms with Crippen molar-refractivity contribution in [2.75, 3.05) is 19.6 Å². The van der Waals surface area contributed by atoms with Gasteiger partial charge in [-0.3, -0.25) is 0 Å². The Hall–Kier alpha value is -0.0400. The molecule has 1 aromatic rings. The SMILES string of the molecule is Cl.O=S(=O)(NCCC1CCNC1)c1cc(Cl)cc(Cl)c1. The normalized spacial score (nSPS) is 18.8. The van der Waals surface area contributed by atoms with Crippen LogP contribution in [0.25, 0.3) is 0 Å². The monoisotopic (exact) mass is 358 g/mol. The molecule has 1 unspecified atom stereocenters. The molecule has 1 aliphatic rings. The first kappa shape index (κ1) is 18.0. The molecule has 4 nitrogen and oxygen atoms in total. The van der Waals surface area contributed by atoms with E-state index in [1.165, 1.54) is 18.2 Å². The van der Waals surface area contributed by atoms with Crippen molar-refractivity contribution in [3.63, 3.8) is 0 Å². The number of halogens is 3. The zero-order valence-corrected chi connectivity index (χ0v) is 13.9. The van der Waals surface area contributed by atoms with Crippen LogP contribution in [0.5, 0.6) is 0 Å². The molecule has 1 aromatic carbocycles. The molecule has 1 saturated heterocycles. The minimum absolute atomic E-state index is 0. The van der Waals surface area contributed by atoms with E-state index in [0.29, 0.717) is 22.5 Å². The van der Waals surface area contributed by atoms with E-state index in [2.05, 4.69) is 10.0 Å². The van der Waals surface area contributed by atoms with Crippen molar-refractivity contribution in [2.45, 2.75) is 17.7 Å². The van der Waals surface area contributed by atoms with Gasteiger partial charge in [-0.1, -0.05) is 23.2 Å². The van der Waals surface area contributed by atoms with Crippen molar-refractivity contribution in [3.05, 3.63) is 28.2 Å². The van der Waals surface area contributed by atoms with Crippen LogP contribution in [-0.4, -0.2) is 28.1 Å². The van der Waals surface area contributed by atoms with Gasteiger partial charge < -0.3 is 5.32 Å². The van der Waals surface area contributed by atoms with Crippen molar-refractivity contribution in [1.29, 1.82) is 0 Å². The van der Waals surface area contributed by atoms with Crippen molar-refractivity contribution < 1.29 is 8.42 Å². The number of rotatable bonds is 5. The molecule has 1 fully saturated rings. The number of benzene rings is 1. The lowest BCUT2D eigenvalue weighted by molar-refractivity contribution is 0.519. The van der Waals surface area contributed by atoms with E-state index in [1.54, 1.807) is 0 Å². The summed E-state index contributed by atoms with van der Waals surface area (Å²) >= 11 is 11.6. The Balaban J connectivity index is 0.00000200. The van der Waals surface area contributed by atoms with Crippen LogP contribution < -0.4 is 10.0 Å². The molecular weight excluding hydrogens is 343 g/mol. The van der Waals surface area contributed by atoms with Crippen LogP contribution in [0.2, 0.25) is 10.0 Å². The van der Waals surface area contributed by atoms with Gasteiger partial charge in [-0.2, -0.15) is 0 Å². The summed E-state index contributed by atoms with van der Waals surface area (Å²) < 4.78 is 26.7. The molecule has 1 aliphatic heterocycles. The highest BCUT2D eigenvalue weighted by Crippen LogP contribution is 2.22. The average molecular weight is 360 g/mol. The van der Waals surface area contributed by atoms with Crippen LogP contribution in [0.4, 0.5) is 0 Å². The average Bonchev–Trinajstić information content (AvgIpc) is 2.80. The number of hydrogen-bond donors (Lipinski definition) is 2. The molecule has 0 aliphatic carbocycles. The van der Waals surface area contributed by atoms with Crippen molar-refractivity contribution in [2.24, 2.45) is 5.92 Å². The fourth-order valence-corrected chi connectivity index (χ4v) is 3.90. The van der Waals surface area contributed by atoms with E-state index in [1.807, 2.05) is 0 Å². The molecular formula is C12H17Cl3N2O2S. The van der Waals surface area contributed by atoms with Gasteiger partial charge in [-0.05, 0) is 50.0 Å². The van der Waals surface area contributed by atoms with E-state index in [9.17, 15) is 8.42 Å². The Morgan fingerprint density at radius 2 is 1.90 bits per heavy atom. The van der Waals surface area contributed by atoms with Crippen LogP contribution in [0.15, 0.2) is 23.1 Å². The quantitative estimate of drug-likeness (QED) is 0.850. The van der Waals surface area contributed by atoms with E-state index < -0.39 is 10.0 Å². The highest BCUT2D eigenvalue weighted by molar-refractivity contribution is 7.89. The minimum Gasteiger partial charge on any atom is -0.316 e. The fourth-order valence-electron chi connectivity index (χ4n) is 2.13. The molecule has 0 radical (unpaired) electrons. The highest BCUT2D eigenvalue weighted by Gasteiger charge is 2.18. The lowest BCUT2D eigenvalue weighted by Gasteiger charge is -2.10. The standard InChI is InChI=1S/C12H16Cl2N2O2S.ClH/c13-10-5-11(14)7-12(6-10)19(17,18)16-4-2-9-1-3-15-8-9;/h5-7,9,15-16H,1-4,8H2;1H.